The van der Waals surface area contributed by atoms with Crippen molar-refractivity contribution >= 4 is 5.97 Å². The first-order chi connectivity index (χ1) is 6.03. The molecule has 0 aliphatic heterocycles. The molecule has 3 heteroatoms. The van der Waals surface area contributed by atoms with E-state index in [1.54, 1.807) is 0 Å². The first-order valence-corrected chi connectivity index (χ1v) is 4.96. The number of nitrogens with two attached hydrogens (primary N) is 1. The molecule has 1 saturated carbocycles. The van der Waals surface area contributed by atoms with E-state index in [0.29, 0.717) is 5.92 Å². The minimum atomic E-state index is -0.725. The van der Waals surface area contributed by atoms with E-state index in [4.69, 9.17) is 5.73 Å². The van der Waals surface area contributed by atoms with Crippen molar-refractivity contribution in [2.24, 2.45) is 23.0 Å². The second kappa shape index (κ2) is 3.66. The maximum absolute atomic E-state index is 11.2. The highest BCUT2D eigenvalue weighted by atomic mass is 16.4. The monoisotopic (exact) mass is 185 g/mol. The zero-order valence-corrected chi connectivity index (χ0v) is 8.42. The van der Waals surface area contributed by atoms with Crippen molar-refractivity contribution in [3.63, 3.8) is 0 Å². The van der Waals surface area contributed by atoms with Gasteiger partial charge in [0.05, 0.1) is 5.41 Å². The van der Waals surface area contributed by atoms with Crippen molar-refractivity contribution in [3.8, 4) is 0 Å². The minimum absolute atomic E-state index is 0.121. The van der Waals surface area contributed by atoms with Crippen LogP contribution in [0, 0.1) is 17.3 Å². The molecular formula is C10H19NO2. The molecule has 13 heavy (non-hydrogen) atoms. The lowest BCUT2D eigenvalue weighted by atomic mass is 9.73. The summed E-state index contributed by atoms with van der Waals surface area (Å²) in [4.78, 5) is 11.2. The van der Waals surface area contributed by atoms with Gasteiger partial charge in [-0.3, -0.25) is 4.79 Å². The molecule has 1 rings (SSSR count). The fraction of sp³-hybridized carbons (Fsp3) is 0.900. The van der Waals surface area contributed by atoms with Gasteiger partial charge in [0.2, 0.25) is 0 Å². The Hall–Kier alpha value is -0.570. The van der Waals surface area contributed by atoms with Crippen molar-refractivity contribution in [1.29, 1.82) is 0 Å². The fourth-order valence-electron chi connectivity index (χ4n) is 1.81. The van der Waals surface area contributed by atoms with Crippen LogP contribution in [0.3, 0.4) is 0 Å². The third kappa shape index (κ3) is 2.02. The molecule has 0 heterocycles. The summed E-state index contributed by atoms with van der Waals surface area (Å²) < 4.78 is 0. The second-order valence-corrected chi connectivity index (χ2v) is 4.47. The quantitative estimate of drug-likeness (QED) is 0.681. The van der Waals surface area contributed by atoms with Crippen LogP contribution in [0.2, 0.25) is 0 Å². The van der Waals surface area contributed by atoms with Crippen LogP contribution in [-0.4, -0.2) is 17.6 Å². The van der Waals surface area contributed by atoms with E-state index in [1.165, 1.54) is 12.8 Å². The zero-order valence-electron chi connectivity index (χ0n) is 8.42. The Morgan fingerprint density at radius 2 is 2.15 bits per heavy atom. The summed E-state index contributed by atoms with van der Waals surface area (Å²) >= 11 is 0. The molecule has 0 aromatic heterocycles. The van der Waals surface area contributed by atoms with Gasteiger partial charge in [-0.05, 0) is 18.3 Å². The molecule has 3 N–H and O–H groups in total. The van der Waals surface area contributed by atoms with E-state index in [9.17, 15) is 9.90 Å². The molecule has 0 spiro atoms. The normalized spacial score (nSPS) is 21.5. The Morgan fingerprint density at radius 3 is 2.38 bits per heavy atom. The van der Waals surface area contributed by atoms with E-state index in [2.05, 4.69) is 0 Å². The first kappa shape index (κ1) is 10.5. The van der Waals surface area contributed by atoms with Crippen LogP contribution in [0.25, 0.3) is 0 Å². The Labute approximate surface area is 79.3 Å². The van der Waals surface area contributed by atoms with Gasteiger partial charge in [0.25, 0.3) is 0 Å². The molecule has 3 nitrogen and oxygen atoms in total. The number of rotatable bonds is 5. The largest absolute Gasteiger partial charge is 0.481 e. The van der Waals surface area contributed by atoms with E-state index in [0.717, 1.165) is 6.42 Å². The van der Waals surface area contributed by atoms with E-state index in [1.807, 2.05) is 13.8 Å². The molecule has 76 valence electrons. The summed E-state index contributed by atoms with van der Waals surface area (Å²) in [6.07, 6.45) is 3.12. The maximum Gasteiger partial charge on any atom is 0.311 e. The standard InChI is InChI=1S/C10H19NO2/c1-7(2)10(6-11,9(12)13)5-8-3-4-8/h7-8H,3-6,11H2,1-2H3,(H,12,13). The number of carboxylic acids is 1. The highest BCUT2D eigenvalue weighted by Crippen LogP contribution is 2.43. The van der Waals surface area contributed by atoms with Crippen LogP contribution < -0.4 is 5.73 Å². The molecule has 0 amide bonds. The van der Waals surface area contributed by atoms with Crippen LogP contribution in [0.15, 0.2) is 0 Å². The van der Waals surface area contributed by atoms with Gasteiger partial charge < -0.3 is 10.8 Å². The summed E-state index contributed by atoms with van der Waals surface area (Å²) in [6, 6.07) is 0. The average Bonchev–Trinajstić information content (AvgIpc) is 2.82. The van der Waals surface area contributed by atoms with Gasteiger partial charge in [-0.1, -0.05) is 26.7 Å². The summed E-state index contributed by atoms with van der Waals surface area (Å²) in [5.41, 5.74) is 4.93. The van der Waals surface area contributed by atoms with Crippen molar-refractivity contribution in [2.75, 3.05) is 6.54 Å². The minimum Gasteiger partial charge on any atom is -0.481 e. The molecule has 0 saturated heterocycles. The van der Waals surface area contributed by atoms with E-state index < -0.39 is 11.4 Å². The average molecular weight is 185 g/mol. The Morgan fingerprint density at radius 1 is 1.62 bits per heavy atom. The van der Waals surface area contributed by atoms with Gasteiger partial charge in [0.1, 0.15) is 0 Å². The van der Waals surface area contributed by atoms with Gasteiger partial charge in [0, 0.05) is 6.54 Å². The first-order valence-electron chi connectivity index (χ1n) is 4.96. The summed E-state index contributed by atoms with van der Waals surface area (Å²) in [5, 5.41) is 9.19. The lowest BCUT2D eigenvalue weighted by molar-refractivity contribution is -0.152. The number of carbonyl (C=O) groups is 1. The number of hydrogen-bond acceptors (Lipinski definition) is 2. The van der Waals surface area contributed by atoms with Gasteiger partial charge in [0.15, 0.2) is 0 Å². The zero-order chi connectivity index (χ0) is 10.1. The van der Waals surface area contributed by atoms with E-state index in [-0.39, 0.29) is 12.5 Å². The topological polar surface area (TPSA) is 63.3 Å². The SMILES string of the molecule is CC(C)C(CN)(CC1CC1)C(=O)O. The number of hydrogen-bond donors (Lipinski definition) is 2. The molecule has 0 radical (unpaired) electrons. The van der Waals surface area contributed by atoms with Crippen LogP contribution in [0.4, 0.5) is 0 Å². The Kier molecular flexibility index (Phi) is 2.96. The Balaban J connectivity index is 2.73. The predicted molar refractivity (Wildman–Crippen MR) is 51.3 cm³/mol. The van der Waals surface area contributed by atoms with Crippen LogP contribution in [0.1, 0.15) is 33.1 Å². The van der Waals surface area contributed by atoms with Crippen molar-refractivity contribution in [2.45, 2.75) is 33.1 Å². The molecule has 1 aliphatic rings. The predicted octanol–water partition coefficient (Wildman–Crippen LogP) is 1.47. The lowest BCUT2D eigenvalue weighted by Crippen LogP contribution is -2.43. The molecule has 0 aromatic carbocycles. The maximum atomic E-state index is 11.2. The van der Waals surface area contributed by atoms with Gasteiger partial charge in [-0.15, -0.1) is 0 Å². The fourth-order valence-corrected chi connectivity index (χ4v) is 1.81. The highest BCUT2D eigenvalue weighted by molar-refractivity contribution is 5.75. The van der Waals surface area contributed by atoms with Crippen LogP contribution >= 0.6 is 0 Å². The molecule has 1 aliphatic carbocycles. The third-order valence-corrected chi connectivity index (χ3v) is 3.25. The van der Waals surface area contributed by atoms with Crippen LogP contribution in [-0.2, 0) is 4.79 Å². The molecular weight excluding hydrogens is 166 g/mol. The smallest absolute Gasteiger partial charge is 0.311 e. The van der Waals surface area contributed by atoms with Gasteiger partial charge in [-0.2, -0.15) is 0 Å². The lowest BCUT2D eigenvalue weighted by Gasteiger charge is -2.32. The van der Waals surface area contributed by atoms with E-state index >= 15 is 0 Å². The molecule has 0 bridgehead atoms. The molecule has 1 atom stereocenters. The molecule has 1 fully saturated rings. The molecule has 0 aromatic rings. The molecule has 1 unspecified atom stereocenters. The highest BCUT2D eigenvalue weighted by Gasteiger charge is 2.44. The number of aliphatic carboxylic acids is 1. The number of carboxylic acid groups (broad SMARTS) is 1. The third-order valence-electron chi connectivity index (χ3n) is 3.25. The summed E-state index contributed by atoms with van der Waals surface area (Å²) in [5.74, 6) is 0.00884. The summed E-state index contributed by atoms with van der Waals surface area (Å²) in [7, 11) is 0. The van der Waals surface area contributed by atoms with Gasteiger partial charge >= 0.3 is 5.97 Å². The second-order valence-electron chi connectivity index (χ2n) is 4.47. The van der Waals surface area contributed by atoms with Crippen LogP contribution in [0.5, 0.6) is 0 Å². The van der Waals surface area contributed by atoms with Crippen molar-refractivity contribution in [3.05, 3.63) is 0 Å². The van der Waals surface area contributed by atoms with Crippen molar-refractivity contribution in [1.82, 2.24) is 0 Å². The van der Waals surface area contributed by atoms with Gasteiger partial charge in [-0.25, -0.2) is 0 Å². The summed E-state index contributed by atoms with van der Waals surface area (Å²) in [6.45, 7) is 4.16. The van der Waals surface area contributed by atoms with Crippen molar-refractivity contribution < 1.29 is 9.90 Å². The Bertz CT molecular complexity index is 199.